The summed E-state index contributed by atoms with van der Waals surface area (Å²) in [5.41, 5.74) is 2.07. The number of aromatic nitrogens is 1. The fraction of sp³-hybridized carbons (Fsp3) is 0.357. The van der Waals surface area contributed by atoms with Crippen molar-refractivity contribution in [2.75, 3.05) is 34.8 Å². The van der Waals surface area contributed by atoms with Gasteiger partial charge < -0.3 is 10.2 Å². The Balaban J connectivity index is 1.58. The van der Waals surface area contributed by atoms with E-state index >= 15 is 0 Å². The van der Waals surface area contributed by atoms with Crippen LogP contribution in [0.1, 0.15) is 4.88 Å². The molecule has 22 heavy (non-hydrogen) atoms. The van der Waals surface area contributed by atoms with Gasteiger partial charge in [0.2, 0.25) is 0 Å². The minimum Gasteiger partial charge on any atom is -0.380 e. The standard InChI is InChI=1S/C14H16ClN3O2S2/c15-14-17-10-13(21-14)9-16-11-1-3-12(4-2-11)18-5-7-22(19,20)8-6-18/h1-4,10,16H,5-9H2. The molecule has 0 radical (unpaired) electrons. The van der Waals surface area contributed by atoms with Crippen LogP contribution in [0, 0.1) is 0 Å². The van der Waals surface area contributed by atoms with E-state index in [1.807, 2.05) is 24.3 Å². The lowest BCUT2D eigenvalue weighted by Crippen LogP contribution is -2.40. The number of nitrogens with one attached hydrogen (secondary N) is 1. The van der Waals surface area contributed by atoms with Crippen LogP contribution in [-0.2, 0) is 16.4 Å². The van der Waals surface area contributed by atoms with Gasteiger partial charge in [0.15, 0.2) is 14.3 Å². The van der Waals surface area contributed by atoms with Crippen molar-refractivity contribution in [1.82, 2.24) is 4.98 Å². The first-order chi connectivity index (χ1) is 10.5. The number of rotatable bonds is 4. The first-order valence-corrected chi connectivity index (χ1v) is 9.93. The van der Waals surface area contributed by atoms with Gasteiger partial charge in [-0.25, -0.2) is 13.4 Å². The highest BCUT2D eigenvalue weighted by molar-refractivity contribution is 7.91. The first-order valence-electron chi connectivity index (χ1n) is 6.91. The normalized spacial score (nSPS) is 17.4. The minimum atomic E-state index is -2.84. The number of halogens is 1. The summed E-state index contributed by atoms with van der Waals surface area (Å²) in [6, 6.07) is 8.03. The highest BCUT2D eigenvalue weighted by atomic mass is 35.5. The molecule has 2 heterocycles. The van der Waals surface area contributed by atoms with Gasteiger partial charge in [0.25, 0.3) is 0 Å². The van der Waals surface area contributed by atoms with Crippen LogP contribution >= 0.6 is 22.9 Å². The molecule has 1 N–H and O–H groups in total. The lowest BCUT2D eigenvalue weighted by atomic mass is 10.2. The minimum absolute atomic E-state index is 0.235. The van der Waals surface area contributed by atoms with E-state index in [9.17, 15) is 8.42 Å². The Morgan fingerprint density at radius 3 is 2.50 bits per heavy atom. The molecule has 2 aromatic rings. The van der Waals surface area contributed by atoms with E-state index in [1.54, 1.807) is 6.20 Å². The largest absolute Gasteiger partial charge is 0.380 e. The van der Waals surface area contributed by atoms with Gasteiger partial charge in [0.1, 0.15) is 0 Å². The van der Waals surface area contributed by atoms with E-state index in [4.69, 9.17) is 11.6 Å². The number of nitrogens with zero attached hydrogens (tertiary/aromatic N) is 2. The third-order valence-corrected chi connectivity index (χ3v) is 6.29. The second-order valence-electron chi connectivity index (χ2n) is 5.12. The molecule has 1 aromatic heterocycles. The van der Waals surface area contributed by atoms with Crippen LogP contribution in [-0.4, -0.2) is 38.0 Å². The molecule has 3 rings (SSSR count). The van der Waals surface area contributed by atoms with E-state index in [2.05, 4.69) is 15.2 Å². The Kier molecular flexibility index (Phi) is 4.56. The summed E-state index contributed by atoms with van der Waals surface area (Å²) in [5, 5.41) is 3.31. The molecule has 0 spiro atoms. The van der Waals surface area contributed by atoms with Crippen LogP contribution in [0.15, 0.2) is 30.5 Å². The van der Waals surface area contributed by atoms with E-state index < -0.39 is 9.84 Å². The molecule has 0 atom stereocenters. The van der Waals surface area contributed by atoms with Crippen LogP contribution < -0.4 is 10.2 Å². The zero-order valence-corrected chi connectivity index (χ0v) is 14.2. The van der Waals surface area contributed by atoms with Crippen molar-refractivity contribution < 1.29 is 8.42 Å². The van der Waals surface area contributed by atoms with Crippen molar-refractivity contribution >= 4 is 44.1 Å². The Morgan fingerprint density at radius 2 is 1.91 bits per heavy atom. The third kappa shape index (κ3) is 3.91. The van der Waals surface area contributed by atoms with Gasteiger partial charge >= 0.3 is 0 Å². The molecule has 0 aliphatic carbocycles. The second-order valence-corrected chi connectivity index (χ2v) is 9.12. The lowest BCUT2D eigenvalue weighted by molar-refractivity contribution is 0.587. The molecule has 0 bridgehead atoms. The number of sulfone groups is 1. The van der Waals surface area contributed by atoms with Crippen LogP contribution in [0.25, 0.3) is 0 Å². The molecule has 1 aliphatic rings. The monoisotopic (exact) mass is 357 g/mol. The molecule has 118 valence electrons. The summed E-state index contributed by atoms with van der Waals surface area (Å²) in [7, 11) is -2.84. The molecule has 5 nitrogen and oxygen atoms in total. The van der Waals surface area contributed by atoms with Gasteiger partial charge in [0.05, 0.1) is 18.1 Å². The number of anilines is 2. The average Bonchev–Trinajstić information content (AvgIpc) is 2.91. The topological polar surface area (TPSA) is 62.3 Å². The zero-order chi connectivity index (χ0) is 15.6. The molecule has 1 fully saturated rings. The van der Waals surface area contributed by atoms with Crippen LogP contribution in [0.2, 0.25) is 4.47 Å². The van der Waals surface area contributed by atoms with Gasteiger partial charge in [0, 0.05) is 35.5 Å². The van der Waals surface area contributed by atoms with E-state index in [1.165, 1.54) is 11.3 Å². The highest BCUT2D eigenvalue weighted by Crippen LogP contribution is 2.22. The first kappa shape index (κ1) is 15.6. The van der Waals surface area contributed by atoms with Crippen LogP contribution in [0.3, 0.4) is 0 Å². The number of thiazole rings is 1. The fourth-order valence-corrected chi connectivity index (χ4v) is 4.43. The fourth-order valence-electron chi connectivity index (χ4n) is 2.32. The number of hydrogen-bond acceptors (Lipinski definition) is 6. The third-order valence-electron chi connectivity index (χ3n) is 3.57. The Hall–Kier alpha value is -1.31. The molecule has 1 aliphatic heterocycles. The number of hydrogen-bond donors (Lipinski definition) is 1. The Labute approximate surface area is 138 Å². The molecular weight excluding hydrogens is 342 g/mol. The van der Waals surface area contributed by atoms with Crippen molar-refractivity contribution in [2.24, 2.45) is 0 Å². The molecule has 0 unspecified atom stereocenters. The maximum Gasteiger partial charge on any atom is 0.183 e. The van der Waals surface area contributed by atoms with Crippen LogP contribution in [0.4, 0.5) is 11.4 Å². The van der Waals surface area contributed by atoms with Crippen molar-refractivity contribution in [3.05, 3.63) is 39.8 Å². The molecule has 1 saturated heterocycles. The summed E-state index contributed by atoms with van der Waals surface area (Å²) in [4.78, 5) is 7.19. The molecule has 8 heteroatoms. The van der Waals surface area contributed by atoms with Gasteiger partial charge in [-0.05, 0) is 24.3 Å². The second kappa shape index (κ2) is 6.44. The Bertz CT molecular complexity index is 730. The predicted molar refractivity (Wildman–Crippen MR) is 91.8 cm³/mol. The molecule has 1 aromatic carbocycles. The van der Waals surface area contributed by atoms with Gasteiger partial charge in [-0.2, -0.15) is 0 Å². The molecule has 0 amide bonds. The van der Waals surface area contributed by atoms with E-state index in [0.717, 1.165) is 16.3 Å². The maximum absolute atomic E-state index is 11.5. The van der Waals surface area contributed by atoms with Crippen molar-refractivity contribution in [3.8, 4) is 0 Å². The molecule has 0 saturated carbocycles. The highest BCUT2D eigenvalue weighted by Gasteiger charge is 2.21. The summed E-state index contributed by atoms with van der Waals surface area (Å²) >= 11 is 7.26. The van der Waals surface area contributed by atoms with Crippen molar-refractivity contribution in [3.63, 3.8) is 0 Å². The molecular formula is C14H16ClN3O2S2. The van der Waals surface area contributed by atoms with Gasteiger partial charge in [-0.3, -0.25) is 0 Å². The SMILES string of the molecule is O=S1(=O)CCN(c2ccc(NCc3cnc(Cl)s3)cc2)CC1. The van der Waals surface area contributed by atoms with E-state index in [0.29, 0.717) is 24.1 Å². The number of benzene rings is 1. The zero-order valence-electron chi connectivity index (χ0n) is 11.8. The van der Waals surface area contributed by atoms with Gasteiger partial charge in [-0.1, -0.05) is 11.6 Å². The summed E-state index contributed by atoms with van der Waals surface area (Å²) in [5.74, 6) is 0.471. The quantitative estimate of drug-likeness (QED) is 0.911. The van der Waals surface area contributed by atoms with E-state index in [-0.39, 0.29) is 11.5 Å². The average molecular weight is 358 g/mol. The summed E-state index contributed by atoms with van der Waals surface area (Å²) in [6.45, 7) is 1.81. The van der Waals surface area contributed by atoms with Crippen molar-refractivity contribution in [1.29, 1.82) is 0 Å². The Morgan fingerprint density at radius 1 is 1.23 bits per heavy atom. The van der Waals surface area contributed by atoms with Gasteiger partial charge in [-0.15, -0.1) is 11.3 Å². The summed E-state index contributed by atoms with van der Waals surface area (Å²) < 4.78 is 23.5. The maximum atomic E-state index is 11.5. The summed E-state index contributed by atoms with van der Waals surface area (Å²) in [6.07, 6.45) is 1.77. The van der Waals surface area contributed by atoms with Crippen LogP contribution in [0.5, 0.6) is 0 Å². The van der Waals surface area contributed by atoms with Crippen molar-refractivity contribution in [2.45, 2.75) is 6.54 Å². The predicted octanol–water partition coefficient (Wildman–Crippen LogP) is 2.64. The smallest absolute Gasteiger partial charge is 0.183 e. The lowest BCUT2D eigenvalue weighted by Gasteiger charge is -2.28.